The van der Waals surface area contributed by atoms with E-state index in [1.165, 1.54) is 0 Å². The molecule has 0 aliphatic carbocycles. The number of anilines is 1. The maximum Gasteiger partial charge on any atom is 0.197 e. The second kappa shape index (κ2) is 4.92. The summed E-state index contributed by atoms with van der Waals surface area (Å²) < 4.78 is 0. The van der Waals surface area contributed by atoms with Crippen LogP contribution in [0.5, 0.6) is 0 Å². The van der Waals surface area contributed by atoms with Crippen LogP contribution >= 0.6 is 0 Å². The Hall–Kier alpha value is -2.29. The van der Waals surface area contributed by atoms with Gasteiger partial charge in [-0.2, -0.15) is 0 Å². The minimum atomic E-state index is 0.0247. The monoisotopic (exact) mass is 240 g/mol. The Bertz CT molecular complexity index is 744. The smallest absolute Gasteiger partial charge is 0.197 e. The third-order valence-corrected chi connectivity index (χ3v) is 2.77. The molecule has 1 heterocycles. The van der Waals surface area contributed by atoms with Gasteiger partial charge in [-0.05, 0) is 24.3 Å². The Kier molecular flexibility index (Phi) is 3.33. The first-order chi connectivity index (χ1) is 8.77. The maximum absolute atomic E-state index is 12.2. The molecule has 0 aliphatic rings. The average molecular weight is 240 g/mol. The summed E-state index contributed by atoms with van der Waals surface area (Å²) in [4.78, 5) is 15.4. The van der Waals surface area contributed by atoms with Crippen molar-refractivity contribution in [2.45, 2.75) is 13.8 Å². The molecule has 3 nitrogen and oxygen atoms in total. The molecule has 2 aromatic carbocycles. The highest BCUT2D eigenvalue weighted by atomic mass is 16.1. The third-order valence-electron chi connectivity index (χ3n) is 2.77. The van der Waals surface area contributed by atoms with Crippen molar-refractivity contribution in [3.8, 4) is 0 Å². The maximum atomic E-state index is 12.2. The van der Waals surface area contributed by atoms with Crippen molar-refractivity contribution in [2.24, 2.45) is 0 Å². The van der Waals surface area contributed by atoms with Gasteiger partial charge in [0.15, 0.2) is 5.43 Å². The van der Waals surface area contributed by atoms with Gasteiger partial charge in [0.25, 0.3) is 0 Å². The molecule has 0 unspecified atom stereocenters. The van der Waals surface area contributed by atoms with Crippen molar-refractivity contribution in [1.82, 2.24) is 4.98 Å². The van der Waals surface area contributed by atoms with E-state index in [2.05, 4.69) is 4.98 Å². The van der Waals surface area contributed by atoms with Gasteiger partial charge in [0, 0.05) is 16.3 Å². The van der Waals surface area contributed by atoms with E-state index in [1.54, 1.807) is 18.2 Å². The van der Waals surface area contributed by atoms with E-state index in [9.17, 15) is 4.79 Å². The number of aromatic nitrogens is 1. The van der Waals surface area contributed by atoms with Crippen molar-refractivity contribution in [3.63, 3.8) is 0 Å². The molecule has 0 bridgehead atoms. The number of nitrogens with two attached hydrogens (primary N) is 1. The topological polar surface area (TPSA) is 58.9 Å². The summed E-state index contributed by atoms with van der Waals surface area (Å²) in [6.45, 7) is 4.00. The lowest BCUT2D eigenvalue weighted by Gasteiger charge is -2.04. The Morgan fingerprint density at radius 2 is 1.61 bits per heavy atom. The van der Waals surface area contributed by atoms with Crippen LogP contribution in [0, 0.1) is 0 Å². The highest BCUT2D eigenvalue weighted by Gasteiger charge is 2.05. The molecule has 0 saturated heterocycles. The summed E-state index contributed by atoms with van der Waals surface area (Å²) in [6.07, 6.45) is 0. The van der Waals surface area contributed by atoms with Crippen LogP contribution in [-0.4, -0.2) is 4.98 Å². The minimum Gasteiger partial charge on any atom is -0.397 e. The van der Waals surface area contributed by atoms with Crippen LogP contribution < -0.4 is 11.2 Å². The Morgan fingerprint density at radius 1 is 0.944 bits per heavy atom. The van der Waals surface area contributed by atoms with Crippen LogP contribution in [0.2, 0.25) is 0 Å². The summed E-state index contributed by atoms with van der Waals surface area (Å²) in [6, 6.07) is 12.8. The first-order valence-corrected chi connectivity index (χ1v) is 6.06. The molecule has 0 amide bonds. The number of pyridine rings is 1. The fraction of sp³-hybridized carbons (Fsp3) is 0.133. The number of hydrogen-bond donors (Lipinski definition) is 2. The second-order valence-corrected chi connectivity index (χ2v) is 3.77. The zero-order valence-electron chi connectivity index (χ0n) is 10.5. The first-order valence-electron chi connectivity index (χ1n) is 6.06. The molecule has 0 saturated carbocycles. The predicted molar refractivity (Wildman–Crippen MR) is 77.8 cm³/mol. The molecule has 1 aromatic heterocycles. The number of para-hydroxylation sites is 2. The van der Waals surface area contributed by atoms with Gasteiger partial charge in [0.1, 0.15) is 0 Å². The molecule has 0 radical (unpaired) electrons. The number of nitrogens with one attached hydrogen (secondary N) is 1. The first kappa shape index (κ1) is 12.2. The quantitative estimate of drug-likeness (QED) is 0.468. The molecule has 0 atom stereocenters. The van der Waals surface area contributed by atoms with E-state index in [1.807, 2.05) is 38.1 Å². The highest BCUT2D eigenvalue weighted by Crippen LogP contribution is 2.19. The summed E-state index contributed by atoms with van der Waals surface area (Å²) in [5, 5.41) is 1.33. The van der Waals surface area contributed by atoms with Gasteiger partial charge in [-0.3, -0.25) is 4.79 Å². The van der Waals surface area contributed by atoms with E-state index >= 15 is 0 Å². The Morgan fingerprint density at radius 3 is 2.39 bits per heavy atom. The molecule has 3 N–H and O–H groups in total. The zero-order chi connectivity index (χ0) is 13.1. The Balaban J connectivity index is 0.000000574. The number of H-pyrrole nitrogens is 1. The van der Waals surface area contributed by atoms with Gasteiger partial charge >= 0.3 is 0 Å². The molecule has 3 heteroatoms. The second-order valence-electron chi connectivity index (χ2n) is 3.77. The predicted octanol–water partition coefficient (Wildman–Crippen LogP) is 3.29. The number of rotatable bonds is 0. The molecule has 0 fully saturated rings. The lowest BCUT2D eigenvalue weighted by atomic mass is 10.1. The van der Waals surface area contributed by atoms with Crippen LogP contribution in [-0.2, 0) is 0 Å². The van der Waals surface area contributed by atoms with Gasteiger partial charge < -0.3 is 10.7 Å². The summed E-state index contributed by atoms with van der Waals surface area (Å²) in [7, 11) is 0. The van der Waals surface area contributed by atoms with Gasteiger partial charge in [0.2, 0.25) is 0 Å². The minimum absolute atomic E-state index is 0.0247. The molecule has 0 spiro atoms. The van der Waals surface area contributed by atoms with E-state index in [0.717, 1.165) is 5.52 Å². The summed E-state index contributed by atoms with van der Waals surface area (Å²) in [5.74, 6) is 0. The van der Waals surface area contributed by atoms with E-state index < -0.39 is 0 Å². The standard InChI is InChI=1S/C13H10N2O.C2H6/c14-10-6-3-5-9-12(10)15-11-7-2-1-4-8(11)13(9)16;1-2/h1-7H,14H2,(H,15,16);1-2H3. The van der Waals surface area contributed by atoms with Gasteiger partial charge in [-0.15, -0.1) is 0 Å². The lowest BCUT2D eigenvalue weighted by Crippen LogP contribution is -2.05. The van der Waals surface area contributed by atoms with Crippen molar-refractivity contribution < 1.29 is 0 Å². The number of benzene rings is 2. The number of aromatic amines is 1. The molecule has 18 heavy (non-hydrogen) atoms. The van der Waals surface area contributed by atoms with Crippen LogP contribution in [0.4, 0.5) is 5.69 Å². The fourth-order valence-electron chi connectivity index (χ4n) is 1.97. The van der Waals surface area contributed by atoms with Crippen LogP contribution in [0.15, 0.2) is 47.3 Å². The molecular weight excluding hydrogens is 224 g/mol. The van der Waals surface area contributed by atoms with Gasteiger partial charge in [0.05, 0.1) is 11.2 Å². The molecule has 3 rings (SSSR count). The van der Waals surface area contributed by atoms with Crippen molar-refractivity contribution in [1.29, 1.82) is 0 Å². The third kappa shape index (κ3) is 1.84. The largest absolute Gasteiger partial charge is 0.397 e. The fourth-order valence-corrected chi connectivity index (χ4v) is 1.97. The summed E-state index contributed by atoms with van der Waals surface area (Å²) in [5.41, 5.74) is 8.00. The molecule has 92 valence electrons. The van der Waals surface area contributed by atoms with Crippen molar-refractivity contribution in [3.05, 3.63) is 52.7 Å². The van der Waals surface area contributed by atoms with Crippen LogP contribution in [0.25, 0.3) is 21.8 Å². The van der Waals surface area contributed by atoms with Crippen LogP contribution in [0.3, 0.4) is 0 Å². The van der Waals surface area contributed by atoms with Gasteiger partial charge in [-0.25, -0.2) is 0 Å². The lowest BCUT2D eigenvalue weighted by molar-refractivity contribution is 1.48. The van der Waals surface area contributed by atoms with Crippen LogP contribution in [0.1, 0.15) is 13.8 Å². The SMILES string of the molecule is CC.Nc1cccc2c(=O)c3ccccc3[nH]c12. The zero-order valence-corrected chi connectivity index (χ0v) is 10.5. The number of nitrogen functional groups attached to an aromatic ring is 1. The van der Waals surface area contributed by atoms with Crippen molar-refractivity contribution in [2.75, 3.05) is 5.73 Å². The summed E-state index contributed by atoms with van der Waals surface area (Å²) >= 11 is 0. The number of hydrogen-bond acceptors (Lipinski definition) is 2. The van der Waals surface area contributed by atoms with E-state index in [-0.39, 0.29) is 5.43 Å². The Labute approximate surface area is 105 Å². The van der Waals surface area contributed by atoms with E-state index in [4.69, 9.17) is 5.73 Å². The van der Waals surface area contributed by atoms with Crippen molar-refractivity contribution >= 4 is 27.5 Å². The van der Waals surface area contributed by atoms with E-state index in [0.29, 0.717) is 22.0 Å². The molecule has 3 aromatic rings. The average Bonchev–Trinajstić information content (AvgIpc) is 2.43. The normalized spacial score (nSPS) is 10.1. The highest BCUT2D eigenvalue weighted by molar-refractivity contribution is 5.97. The number of fused-ring (bicyclic) bond motifs is 2. The van der Waals surface area contributed by atoms with Gasteiger partial charge in [-0.1, -0.05) is 32.0 Å². The molecular formula is C15H16N2O. The molecule has 0 aliphatic heterocycles.